The smallest absolute Gasteiger partial charge is 0.0739 e. The number of aromatic nitrogens is 2. The molecular formula is C15H27BrN4O. The highest BCUT2D eigenvalue weighted by Crippen LogP contribution is 2.25. The molecule has 0 aliphatic carbocycles. The maximum atomic E-state index is 5.09. The third-order valence-electron chi connectivity index (χ3n) is 4.23. The van der Waals surface area contributed by atoms with Crippen LogP contribution >= 0.6 is 15.9 Å². The van der Waals surface area contributed by atoms with Gasteiger partial charge in [0.25, 0.3) is 0 Å². The van der Waals surface area contributed by atoms with Gasteiger partial charge in [-0.05, 0) is 42.2 Å². The molecule has 1 N–H and O–H groups in total. The monoisotopic (exact) mass is 358 g/mol. The Morgan fingerprint density at radius 2 is 2.24 bits per heavy atom. The van der Waals surface area contributed by atoms with Crippen LogP contribution < -0.4 is 5.32 Å². The first-order valence-corrected chi connectivity index (χ1v) is 8.54. The molecule has 1 aromatic heterocycles. The summed E-state index contributed by atoms with van der Waals surface area (Å²) in [6.45, 7) is 6.93. The number of rotatable bonds is 7. The van der Waals surface area contributed by atoms with Crippen LogP contribution in [-0.4, -0.2) is 54.1 Å². The van der Waals surface area contributed by atoms with E-state index in [9.17, 15) is 0 Å². The Balaban J connectivity index is 1.95. The topological polar surface area (TPSA) is 42.3 Å². The third-order valence-corrected chi connectivity index (χ3v) is 5.26. The lowest BCUT2D eigenvalue weighted by atomic mass is 10.0. The number of nitrogens with zero attached hydrogens (tertiary/aromatic N) is 3. The van der Waals surface area contributed by atoms with Gasteiger partial charge in [-0.1, -0.05) is 6.42 Å². The number of halogens is 1. The minimum atomic E-state index is 0.609. The number of ether oxygens (including phenoxy) is 1. The molecule has 120 valence electrons. The quantitative estimate of drug-likeness (QED) is 0.757. The maximum absolute atomic E-state index is 5.09. The number of likely N-dealkylation sites (tertiary alicyclic amines) is 1. The van der Waals surface area contributed by atoms with Crippen molar-refractivity contribution in [2.75, 3.05) is 33.4 Å². The summed E-state index contributed by atoms with van der Waals surface area (Å²) < 4.78 is 8.25. The molecule has 1 saturated heterocycles. The van der Waals surface area contributed by atoms with Crippen molar-refractivity contribution in [1.82, 2.24) is 20.0 Å². The van der Waals surface area contributed by atoms with Crippen molar-refractivity contribution in [2.24, 2.45) is 7.05 Å². The van der Waals surface area contributed by atoms with E-state index < -0.39 is 0 Å². The summed E-state index contributed by atoms with van der Waals surface area (Å²) in [5.41, 5.74) is 2.34. The molecule has 0 bridgehead atoms. The van der Waals surface area contributed by atoms with Crippen molar-refractivity contribution >= 4 is 15.9 Å². The molecule has 21 heavy (non-hydrogen) atoms. The van der Waals surface area contributed by atoms with Crippen molar-refractivity contribution in [2.45, 2.75) is 38.8 Å². The fourth-order valence-corrected chi connectivity index (χ4v) is 3.45. The standard InChI is InChI=1S/C15H27BrN4O/c1-12-15(16)14(19(2)18-12)11-20-8-5-4-6-13(20)10-17-7-9-21-3/h13,17H,4-11H2,1-3H3. The lowest BCUT2D eigenvalue weighted by Gasteiger charge is -2.36. The van der Waals surface area contributed by atoms with Crippen molar-refractivity contribution in [3.8, 4) is 0 Å². The van der Waals surface area contributed by atoms with Gasteiger partial charge in [0, 0.05) is 39.8 Å². The average Bonchev–Trinajstić information content (AvgIpc) is 2.71. The first-order chi connectivity index (χ1) is 10.1. The van der Waals surface area contributed by atoms with Crippen molar-refractivity contribution in [3.63, 3.8) is 0 Å². The van der Waals surface area contributed by atoms with E-state index >= 15 is 0 Å². The van der Waals surface area contributed by atoms with Gasteiger partial charge < -0.3 is 10.1 Å². The molecule has 1 atom stereocenters. The van der Waals surface area contributed by atoms with Gasteiger partial charge >= 0.3 is 0 Å². The third kappa shape index (κ3) is 4.52. The van der Waals surface area contributed by atoms with Crippen LogP contribution in [0.5, 0.6) is 0 Å². The molecule has 1 aromatic rings. The Morgan fingerprint density at radius 3 is 2.90 bits per heavy atom. The summed E-state index contributed by atoms with van der Waals surface area (Å²) in [5, 5.41) is 8.00. The zero-order valence-corrected chi connectivity index (χ0v) is 14.9. The van der Waals surface area contributed by atoms with Crippen LogP contribution in [0, 0.1) is 6.92 Å². The van der Waals surface area contributed by atoms with Crippen molar-refractivity contribution in [1.29, 1.82) is 0 Å². The zero-order valence-electron chi connectivity index (χ0n) is 13.4. The molecular weight excluding hydrogens is 332 g/mol. The summed E-state index contributed by atoms with van der Waals surface area (Å²) in [7, 11) is 3.78. The highest BCUT2D eigenvalue weighted by atomic mass is 79.9. The van der Waals surface area contributed by atoms with Crippen LogP contribution in [0.15, 0.2) is 4.47 Å². The Bertz CT molecular complexity index is 449. The molecule has 1 unspecified atom stereocenters. The second-order valence-electron chi connectivity index (χ2n) is 5.79. The maximum Gasteiger partial charge on any atom is 0.0739 e. The summed E-state index contributed by atoms with van der Waals surface area (Å²) in [5.74, 6) is 0. The van der Waals surface area contributed by atoms with Gasteiger partial charge in [0.05, 0.1) is 22.5 Å². The highest BCUT2D eigenvalue weighted by Gasteiger charge is 2.24. The normalized spacial score (nSPS) is 20.1. The second kappa shape index (κ2) is 8.27. The molecule has 6 heteroatoms. The van der Waals surface area contributed by atoms with E-state index in [1.165, 1.54) is 31.5 Å². The molecule has 1 aliphatic heterocycles. The predicted octanol–water partition coefficient (Wildman–Crippen LogP) is 2.08. The van der Waals surface area contributed by atoms with E-state index in [1.807, 2.05) is 18.7 Å². The molecule has 5 nitrogen and oxygen atoms in total. The van der Waals surface area contributed by atoms with E-state index in [0.29, 0.717) is 6.04 Å². The lowest BCUT2D eigenvalue weighted by Crippen LogP contribution is -2.45. The Labute approximate surface area is 136 Å². The average molecular weight is 359 g/mol. The van der Waals surface area contributed by atoms with Crippen LogP contribution in [0.1, 0.15) is 30.7 Å². The Hall–Kier alpha value is -0.430. The first-order valence-electron chi connectivity index (χ1n) is 7.75. The van der Waals surface area contributed by atoms with E-state index in [2.05, 4.69) is 31.2 Å². The molecule has 2 heterocycles. The molecule has 0 amide bonds. The van der Waals surface area contributed by atoms with Crippen LogP contribution in [0.4, 0.5) is 0 Å². The van der Waals surface area contributed by atoms with Crippen LogP contribution in [0.2, 0.25) is 0 Å². The Morgan fingerprint density at radius 1 is 1.43 bits per heavy atom. The number of aryl methyl sites for hydroxylation is 2. The highest BCUT2D eigenvalue weighted by molar-refractivity contribution is 9.10. The number of methoxy groups -OCH3 is 1. The summed E-state index contributed by atoms with van der Waals surface area (Å²) >= 11 is 3.68. The Kier molecular flexibility index (Phi) is 6.67. The molecule has 0 spiro atoms. The second-order valence-corrected chi connectivity index (χ2v) is 6.58. The van der Waals surface area contributed by atoms with Crippen molar-refractivity contribution in [3.05, 3.63) is 15.9 Å². The molecule has 0 saturated carbocycles. The summed E-state index contributed by atoms with van der Waals surface area (Å²) in [4.78, 5) is 2.59. The predicted molar refractivity (Wildman–Crippen MR) is 88.4 cm³/mol. The van der Waals surface area contributed by atoms with Crippen LogP contribution in [0.25, 0.3) is 0 Å². The van der Waals surface area contributed by atoms with Gasteiger partial charge in [-0.3, -0.25) is 9.58 Å². The van der Waals surface area contributed by atoms with Crippen LogP contribution in [0.3, 0.4) is 0 Å². The van der Waals surface area contributed by atoms with Gasteiger partial charge in [0.2, 0.25) is 0 Å². The first kappa shape index (κ1) is 16.9. The van der Waals surface area contributed by atoms with Gasteiger partial charge in [0.15, 0.2) is 0 Å². The van der Waals surface area contributed by atoms with Crippen LogP contribution in [-0.2, 0) is 18.3 Å². The minimum absolute atomic E-state index is 0.609. The molecule has 2 rings (SSSR count). The van der Waals surface area contributed by atoms with E-state index in [0.717, 1.165) is 36.4 Å². The van der Waals surface area contributed by atoms with Gasteiger partial charge in [-0.2, -0.15) is 5.10 Å². The summed E-state index contributed by atoms with van der Waals surface area (Å²) in [6, 6.07) is 0.609. The minimum Gasteiger partial charge on any atom is -0.383 e. The summed E-state index contributed by atoms with van der Waals surface area (Å²) in [6.07, 6.45) is 3.90. The SMILES string of the molecule is COCCNCC1CCCCN1Cc1c(Br)c(C)nn1C. The molecule has 0 radical (unpaired) electrons. The zero-order chi connectivity index (χ0) is 15.2. The molecule has 0 aromatic carbocycles. The number of hydrogen-bond acceptors (Lipinski definition) is 4. The fraction of sp³-hybridized carbons (Fsp3) is 0.800. The van der Waals surface area contributed by atoms with E-state index in [1.54, 1.807) is 7.11 Å². The number of piperidine rings is 1. The molecule has 1 aliphatic rings. The van der Waals surface area contributed by atoms with Gasteiger partial charge in [-0.15, -0.1) is 0 Å². The fourth-order valence-electron chi connectivity index (χ4n) is 2.99. The largest absolute Gasteiger partial charge is 0.383 e. The number of nitrogens with one attached hydrogen (secondary N) is 1. The lowest BCUT2D eigenvalue weighted by molar-refractivity contribution is 0.130. The molecule has 1 fully saturated rings. The van der Waals surface area contributed by atoms with E-state index in [-0.39, 0.29) is 0 Å². The van der Waals surface area contributed by atoms with Gasteiger partial charge in [0.1, 0.15) is 0 Å². The van der Waals surface area contributed by atoms with Gasteiger partial charge in [-0.25, -0.2) is 0 Å². The van der Waals surface area contributed by atoms with E-state index in [4.69, 9.17) is 4.74 Å². The number of hydrogen-bond donors (Lipinski definition) is 1. The van der Waals surface area contributed by atoms with Crippen molar-refractivity contribution < 1.29 is 4.74 Å².